The molecular formula is C21H27NO7. The highest BCUT2D eigenvalue weighted by Crippen LogP contribution is 2.33. The molecule has 0 heterocycles. The number of alkyl carbamates (subject to hydrolysis) is 1. The minimum Gasteiger partial charge on any atom is -0.490 e. The molecule has 0 unspecified atom stereocenters. The van der Waals surface area contributed by atoms with Crippen LogP contribution in [-0.2, 0) is 14.2 Å². The third kappa shape index (κ3) is 5.49. The van der Waals surface area contributed by atoms with Gasteiger partial charge in [0.1, 0.15) is 17.5 Å². The SMILES string of the molecule is C=Cc1c(O[C@H]2C[C@H](NC(=O)OC(C)(C)C)C2)ccc(C(=O)OC)c1C(=O)OC. The van der Waals surface area contributed by atoms with Gasteiger partial charge in [0.25, 0.3) is 0 Å². The summed E-state index contributed by atoms with van der Waals surface area (Å²) in [5, 5.41) is 2.79. The Labute approximate surface area is 170 Å². The highest BCUT2D eigenvalue weighted by atomic mass is 16.6. The molecular weight excluding hydrogens is 378 g/mol. The molecule has 0 atom stereocenters. The fourth-order valence-electron chi connectivity index (χ4n) is 2.94. The lowest BCUT2D eigenvalue weighted by atomic mass is 9.89. The standard InChI is InChI=1S/C21H27NO7/c1-7-14-16(9-8-15(18(23)26-5)17(14)19(24)27-6)28-13-10-12(11-13)22-20(25)29-21(2,3)4/h7-9,12-13H,1,10-11H2,2-6H3,(H,22,25)/t12-,13-. The lowest BCUT2D eigenvalue weighted by molar-refractivity contribution is 0.0360. The summed E-state index contributed by atoms with van der Waals surface area (Å²) in [5.41, 5.74) is -0.105. The smallest absolute Gasteiger partial charge is 0.407 e. The summed E-state index contributed by atoms with van der Waals surface area (Å²) in [6.07, 6.45) is 1.97. The van der Waals surface area contributed by atoms with Crippen LogP contribution in [0.2, 0.25) is 0 Å². The number of hydrogen-bond acceptors (Lipinski definition) is 7. The van der Waals surface area contributed by atoms with Crippen molar-refractivity contribution in [1.82, 2.24) is 5.32 Å². The number of methoxy groups -OCH3 is 2. The zero-order valence-electron chi connectivity index (χ0n) is 17.4. The van der Waals surface area contributed by atoms with Crippen molar-refractivity contribution < 1.29 is 33.3 Å². The second-order valence-electron chi connectivity index (χ2n) is 7.64. The number of ether oxygens (including phenoxy) is 4. The van der Waals surface area contributed by atoms with Gasteiger partial charge in [-0.15, -0.1) is 0 Å². The van der Waals surface area contributed by atoms with Gasteiger partial charge in [0, 0.05) is 24.4 Å². The number of rotatable bonds is 6. The van der Waals surface area contributed by atoms with Gasteiger partial charge in [-0.2, -0.15) is 0 Å². The Balaban J connectivity index is 2.11. The molecule has 29 heavy (non-hydrogen) atoms. The van der Waals surface area contributed by atoms with E-state index in [2.05, 4.69) is 11.9 Å². The third-order valence-electron chi connectivity index (χ3n) is 4.31. The maximum absolute atomic E-state index is 12.2. The van der Waals surface area contributed by atoms with Crippen molar-refractivity contribution in [2.24, 2.45) is 0 Å². The Morgan fingerprint density at radius 1 is 1.10 bits per heavy atom. The van der Waals surface area contributed by atoms with E-state index in [4.69, 9.17) is 18.9 Å². The molecule has 1 aromatic carbocycles. The van der Waals surface area contributed by atoms with E-state index in [0.717, 1.165) is 0 Å². The van der Waals surface area contributed by atoms with Crippen LogP contribution in [0.3, 0.4) is 0 Å². The van der Waals surface area contributed by atoms with Gasteiger partial charge in [0.2, 0.25) is 0 Å². The van der Waals surface area contributed by atoms with E-state index < -0.39 is 23.6 Å². The largest absolute Gasteiger partial charge is 0.490 e. The number of amides is 1. The molecule has 1 fully saturated rings. The molecule has 0 radical (unpaired) electrons. The zero-order chi connectivity index (χ0) is 21.8. The maximum Gasteiger partial charge on any atom is 0.407 e. The van der Waals surface area contributed by atoms with Crippen LogP contribution < -0.4 is 10.1 Å². The molecule has 0 aliphatic heterocycles. The van der Waals surface area contributed by atoms with Gasteiger partial charge in [0.05, 0.1) is 25.3 Å². The van der Waals surface area contributed by atoms with Crippen LogP contribution in [0, 0.1) is 0 Å². The number of benzene rings is 1. The van der Waals surface area contributed by atoms with Crippen LogP contribution in [-0.4, -0.2) is 50.0 Å². The number of nitrogens with one attached hydrogen (secondary N) is 1. The van der Waals surface area contributed by atoms with Gasteiger partial charge in [0.15, 0.2) is 0 Å². The minimum atomic E-state index is -0.691. The number of hydrogen-bond donors (Lipinski definition) is 1. The van der Waals surface area contributed by atoms with Crippen molar-refractivity contribution in [1.29, 1.82) is 0 Å². The summed E-state index contributed by atoms with van der Waals surface area (Å²) in [7, 11) is 2.45. The van der Waals surface area contributed by atoms with Gasteiger partial charge in [-0.1, -0.05) is 12.7 Å². The van der Waals surface area contributed by atoms with Gasteiger partial charge in [-0.3, -0.25) is 0 Å². The summed E-state index contributed by atoms with van der Waals surface area (Å²) in [4.78, 5) is 36.1. The van der Waals surface area contributed by atoms with Crippen LogP contribution in [0.15, 0.2) is 18.7 Å². The zero-order valence-corrected chi connectivity index (χ0v) is 17.4. The summed E-state index contributed by atoms with van der Waals surface area (Å²) in [6, 6.07) is 2.98. The molecule has 158 valence electrons. The molecule has 0 aromatic heterocycles. The van der Waals surface area contributed by atoms with Crippen LogP contribution >= 0.6 is 0 Å². The lowest BCUT2D eigenvalue weighted by Gasteiger charge is -2.36. The van der Waals surface area contributed by atoms with Crippen molar-refractivity contribution in [3.63, 3.8) is 0 Å². The van der Waals surface area contributed by atoms with Crippen LogP contribution in [0.1, 0.15) is 59.9 Å². The summed E-state index contributed by atoms with van der Waals surface area (Å²) >= 11 is 0. The van der Waals surface area contributed by atoms with Gasteiger partial charge < -0.3 is 24.3 Å². The number of esters is 2. The van der Waals surface area contributed by atoms with E-state index in [-0.39, 0.29) is 23.3 Å². The number of carbonyl (C=O) groups excluding carboxylic acids is 3. The Hall–Kier alpha value is -3.03. The number of carbonyl (C=O) groups is 3. The van der Waals surface area contributed by atoms with Gasteiger partial charge >= 0.3 is 18.0 Å². The third-order valence-corrected chi connectivity index (χ3v) is 4.31. The van der Waals surface area contributed by atoms with Crippen molar-refractivity contribution >= 4 is 24.1 Å². The van der Waals surface area contributed by atoms with Crippen molar-refractivity contribution in [2.75, 3.05) is 14.2 Å². The topological polar surface area (TPSA) is 100 Å². The minimum absolute atomic E-state index is 0.0367. The predicted molar refractivity (Wildman–Crippen MR) is 106 cm³/mol. The Kier molecular flexibility index (Phi) is 6.89. The van der Waals surface area contributed by atoms with Crippen molar-refractivity contribution in [3.8, 4) is 5.75 Å². The van der Waals surface area contributed by atoms with Crippen LogP contribution in [0.25, 0.3) is 6.08 Å². The average Bonchev–Trinajstić information content (AvgIpc) is 2.62. The second kappa shape index (κ2) is 8.98. The van der Waals surface area contributed by atoms with Gasteiger partial charge in [-0.05, 0) is 32.9 Å². The average molecular weight is 405 g/mol. The summed E-state index contributed by atoms with van der Waals surface area (Å²) < 4.78 is 20.7. The molecule has 1 aromatic rings. The Morgan fingerprint density at radius 3 is 2.24 bits per heavy atom. The maximum atomic E-state index is 12.2. The fourth-order valence-corrected chi connectivity index (χ4v) is 2.94. The molecule has 8 nitrogen and oxygen atoms in total. The molecule has 0 spiro atoms. The molecule has 0 bridgehead atoms. The molecule has 1 N–H and O–H groups in total. The first-order chi connectivity index (χ1) is 13.6. The monoisotopic (exact) mass is 405 g/mol. The molecule has 1 aliphatic carbocycles. The van der Waals surface area contributed by atoms with Crippen molar-refractivity contribution in [3.05, 3.63) is 35.4 Å². The van der Waals surface area contributed by atoms with E-state index in [1.165, 1.54) is 26.4 Å². The molecule has 1 saturated carbocycles. The predicted octanol–water partition coefficient (Wildman–Crippen LogP) is 3.34. The first kappa shape index (κ1) is 22.3. The summed E-state index contributed by atoms with van der Waals surface area (Å²) in [5.74, 6) is -0.956. The van der Waals surface area contributed by atoms with E-state index >= 15 is 0 Å². The van der Waals surface area contributed by atoms with Crippen LogP contribution in [0.4, 0.5) is 4.79 Å². The van der Waals surface area contributed by atoms with E-state index in [1.54, 1.807) is 26.8 Å². The highest BCUT2D eigenvalue weighted by Gasteiger charge is 2.34. The van der Waals surface area contributed by atoms with Crippen molar-refractivity contribution in [2.45, 2.75) is 51.4 Å². The molecule has 8 heteroatoms. The second-order valence-corrected chi connectivity index (χ2v) is 7.64. The summed E-state index contributed by atoms with van der Waals surface area (Å²) in [6.45, 7) is 9.12. The molecule has 2 rings (SSSR count). The lowest BCUT2D eigenvalue weighted by Crippen LogP contribution is -2.50. The molecule has 0 saturated heterocycles. The Bertz CT molecular complexity index is 804. The quantitative estimate of drug-likeness (QED) is 0.572. The van der Waals surface area contributed by atoms with E-state index in [1.807, 2.05) is 0 Å². The first-order valence-electron chi connectivity index (χ1n) is 9.21. The molecule has 1 amide bonds. The first-order valence-corrected chi connectivity index (χ1v) is 9.21. The normalized spacial score (nSPS) is 18.1. The Morgan fingerprint density at radius 2 is 1.72 bits per heavy atom. The molecule has 1 aliphatic rings. The highest BCUT2D eigenvalue weighted by molar-refractivity contribution is 6.06. The van der Waals surface area contributed by atoms with E-state index in [0.29, 0.717) is 24.2 Å². The van der Waals surface area contributed by atoms with Crippen LogP contribution in [0.5, 0.6) is 5.75 Å². The van der Waals surface area contributed by atoms with Gasteiger partial charge in [-0.25, -0.2) is 14.4 Å². The fraction of sp³-hybridized carbons (Fsp3) is 0.476. The van der Waals surface area contributed by atoms with E-state index in [9.17, 15) is 14.4 Å².